The van der Waals surface area contributed by atoms with Crippen molar-refractivity contribution in [3.8, 4) is 0 Å². The lowest BCUT2D eigenvalue weighted by atomic mass is 9.98. The van der Waals surface area contributed by atoms with Crippen molar-refractivity contribution in [3.05, 3.63) is 28.2 Å². The van der Waals surface area contributed by atoms with Gasteiger partial charge in [-0.2, -0.15) is 0 Å². The van der Waals surface area contributed by atoms with Crippen molar-refractivity contribution < 1.29 is 5.11 Å². The minimum absolute atomic E-state index is 0.113. The summed E-state index contributed by atoms with van der Waals surface area (Å²) in [6.07, 6.45) is 5.05. The van der Waals surface area contributed by atoms with E-state index in [-0.39, 0.29) is 6.61 Å². The Labute approximate surface area is 112 Å². The molecule has 0 amide bonds. The van der Waals surface area contributed by atoms with Crippen LogP contribution in [0.4, 0.5) is 5.69 Å². The molecule has 1 aliphatic heterocycles. The van der Waals surface area contributed by atoms with Crippen molar-refractivity contribution in [2.75, 3.05) is 11.4 Å². The predicted molar refractivity (Wildman–Crippen MR) is 75.3 cm³/mol. The largest absolute Gasteiger partial charge is 0.392 e. The fourth-order valence-electron chi connectivity index (χ4n) is 2.70. The molecule has 1 aliphatic rings. The molecule has 1 heterocycles. The maximum absolute atomic E-state index is 9.48. The number of halogens is 1. The standard InChI is InChI=1S/C14H20BrNO/c1-2-13-5-3-4-8-16(13)14-7-6-12(15)9-11(14)10-17/h6-7,9,13,17H,2-5,8,10H2,1H3. The Morgan fingerprint density at radius 2 is 2.24 bits per heavy atom. The fraction of sp³-hybridized carbons (Fsp3) is 0.571. The zero-order chi connectivity index (χ0) is 12.3. The van der Waals surface area contributed by atoms with Gasteiger partial charge in [0.25, 0.3) is 0 Å². The quantitative estimate of drug-likeness (QED) is 0.919. The van der Waals surface area contributed by atoms with Gasteiger partial charge in [0.2, 0.25) is 0 Å². The van der Waals surface area contributed by atoms with Gasteiger partial charge in [0.1, 0.15) is 0 Å². The van der Waals surface area contributed by atoms with Crippen molar-refractivity contribution in [2.24, 2.45) is 0 Å². The first-order valence-corrected chi connectivity index (χ1v) is 7.21. The zero-order valence-electron chi connectivity index (χ0n) is 10.3. The van der Waals surface area contributed by atoms with Gasteiger partial charge in [0.15, 0.2) is 0 Å². The molecule has 0 bridgehead atoms. The molecule has 1 unspecified atom stereocenters. The summed E-state index contributed by atoms with van der Waals surface area (Å²) in [4.78, 5) is 2.47. The van der Waals surface area contributed by atoms with E-state index in [1.165, 1.54) is 31.4 Å². The number of piperidine rings is 1. The van der Waals surface area contributed by atoms with Gasteiger partial charge < -0.3 is 10.0 Å². The summed E-state index contributed by atoms with van der Waals surface area (Å²) in [6, 6.07) is 6.85. The normalized spacial score (nSPS) is 20.6. The Morgan fingerprint density at radius 3 is 2.94 bits per heavy atom. The van der Waals surface area contributed by atoms with Gasteiger partial charge in [-0.3, -0.25) is 0 Å². The molecule has 1 fully saturated rings. The van der Waals surface area contributed by atoms with Gasteiger partial charge in [0.05, 0.1) is 6.61 Å². The number of rotatable bonds is 3. The molecule has 1 N–H and O–H groups in total. The Hall–Kier alpha value is -0.540. The van der Waals surface area contributed by atoms with Crippen molar-refractivity contribution in [1.82, 2.24) is 0 Å². The summed E-state index contributed by atoms with van der Waals surface area (Å²) in [5.41, 5.74) is 2.24. The van der Waals surface area contributed by atoms with Crippen LogP contribution in [0.5, 0.6) is 0 Å². The molecule has 17 heavy (non-hydrogen) atoms. The van der Waals surface area contributed by atoms with Crippen LogP contribution in [0.25, 0.3) is 0 Å². The molecular weight excluding hydrogens is 278 g/mol. The van der Waals surface area contributed by atoms with Crippen LogP contribution in [0.15, 0.2) is 22.7 Å². The Kier molecular flexibility index (Phi) is 4.46. The van der Waals surface area contributed by atoms with Crippen LogP contribution in [-0.4, -0.2) is 17.7 Å². The number of aliphatic hydroxyl groups excluding tert-OH is 1. The van der Waals surface area contributed by atoms with Crippen LogP contribution in [0.3, 0.4) is 0 Å². The van der Waals surface area contributed by atoms with E-state index in [0.29, 0.717) is 6.04 Å². The van der Waals surface area contributed by atoms with Gasteiger partial charge >= 0.3 is 0 Å². The smallest absolute Gasteiger partial charge is 0.0702 e. The average Bonchev–Trinajstić information content (AvgIpc) is 2.38. The second kappa shape index (κ2) is 5.87. The van der Waals surface area contributed by atoms with Crippen LogP contribution in [0.1, 0.15) is 38.2 Å². The van der Waals surface area contributed by atoms with Gasteiger partial charge in [-0.1, -0.05) is 22.9 Å². The lowest BCUT2D eigenvalue weighted by molar-refractivity contribution is 0.281. The number of hydrogen-bond acceptors (Lipinski definition) is 2. The summed E-state index contributed by atoms with van der Waals surface area (Å²) in [7, 11) is 0. The predicted octanol–water partition coefficient (Wildman–Crippen LogP) is 3.71. The van der Waals surface area contributed by atoms with Crippen LogP contribution < -0.4 is 4.90 Å². The highest BCUT2D eigenvalue weighted by Gasteiger charge is 2.22. The number of aliphatic hydroxyl groups is 1. The first-order chi connectivity index (χ1) is 8.26. The number of anilines is 1. The molecule has 3 heteroatoms. The molecule has 1 aromatic carbocycles. The topological polar surface area (TPSA) is 23.5 Å². The van der Waals surface area contributed by atoms with E-state index < -0.39 is 0 Å². The minimum Gasteiger partial charge on any atom is -0.392 e. The summed E-state index contributed by atoms with van der Waals surface area (Å²) in [6.45, 7) is 3.48. The SMILES string of the molecule is CCC1CCCCN1c1ccc(Br)cc1CO. The van der Waals surface area contributed by atoms with Gasteiger partial charge in [-0.25, -0.2) is 0 Å². The van der Waals surface area contributed by atoms with E-state index >= 15 is 0 Å². The highest BCUT2D eigenvalue weighted by Crippen LogP contribution is 2.31. The third-order valence-electron chi connectivity index (χ3n) is 3.62. The zero-order valence-corrected chi connectivity index (χ0v) is 11.9. The monoisotopic (exact) mass is 297 g/mol. The molecule has 1 saturated heterocycles. The summed E-state index contributed by atoms with van der Waals surface area (Å²) < 4.78 is 1.04. The third kappa shape index (κ3) is 2.83. The van der Waals surface area contributed by atoms with Crippen molar-refractivity contribution >= 4 is 21.6 Å². The Balaban J connectivity index is 2.30. The summed E-state index contributed by atoms with van der Waals surface area (Å²) in [5.74, 6) is 0. The molecule has 94 valence electrons. The summed E-state index contributed by atoms with van der Waals surface area (Å²) >= 11 is 3.46. The molecule has 0 spiro atoms. The van der Waals surface area contributed by atoms with E-state index in [2.05, 4.69) is 39.9 Å². The van der Waals surface area contributed by atoms with Crippen LogP contribution >= 0.6 is 15.9 Å². The van der Waals surface area contributed by atoms with Crippen molar-refractivity contribution in [2.45, 2.75) is 45.3 Å². The first-order valence-electron chi connectivity index (χ1n) is 6.42. The Bertz CT molecular complexity index is 380. The molecule has 0 aliphatic carbocycles. The third-order valence-corrected chi connectivity index (χ3v) is 4.11. The van der Waals surface area contributed by atoms with Crippen LogP contribution in [0, 0.1) is 0 Å². The molecule has 2 nitrogen and oxygen atoms in total. The minimum atomic E-state index is 0.113. The van der Waals surface area contributed by atoms with Crippen molar-refractivity contribution in [3.63, 3.8) is 0 Å². The van der Waals surface area contributed by atoms with E-state index in [1.54, 1.807) is 0 Å². The molecule has 0 radical (unpaired) electrons. The molecule has 0 saturated carbocycles. The molecule has 1 atom stereocenters. The highest BCUT2D eigenvalue weighted by molar-refractivity contribution is 9.10. The van der Waals surface area contributed by atoms with E-state index in [0.717, 1.165) is 16.6 Å². The van der Waals surface area contributed by atoms with Gasteiger partial charge in [-0.05, 0) is 43.9 Å². The van der Waals surface area contributed by atoms with Crippen molar-refractivity contribution in [1.29, 1.82) is 0 Å². The molecule has 2 rings (SSSR count). The van der Waals surface area contributed by atoms with Crippen LogP contribution in [-0.2, 0) is 6.61 Å². The molecular formula is C14H20BrNO. The number of nitrogens with zero attached hydrogens (tertiary/aromatic N) is 1. The van der Waals surface area contributed by atoms with Gasteiger partial charge in [0, 0.05) is 28.3 Å². The van der Waals surface area contributed by atoms with E-state index in [1.807, 2.05) is 6.07 Å². The fourth-order valence-corrected chi connectivity index (χ4v) is 3.11. The van der Waals surface area contributed by atoms with E-state index in [4.69, 9.17) is 0 Å². The average molecular weight is 298 g/mol. The molecule has 0 aromatic heterocycles. The molecule has 1 aromatic rings. The second-order valence-corrected chi connectivity index (χ2v) is 5.60. The van der Waals surface area contributed by atoms with Gasteiger partial charge in [-0.15, -0.1) is 0 Å². The lowest BCUT2D eigenvalue weighted by Gasteiger charge is -2.38. The Morgan fingerprint density at radius 1 is 1.41 bits per heavy atom. The number of benzene rings is 1. The van der Waals surface area contributed by atoms with Crippen LogP contribution in [0.2, 0.25) is 0 Å². The second-order valence-electron chi connectivity index (χ2n) is 4.68. The lowest BCUT2D eigenvalue weighted by Crippen LogP contribution is -2.39. The maximum Gasteiger partial charge on any atom is 0.0702 e. The van der Waals surface area contributed by atoms with E-state index in [9.17, 15) is 5.11 Å². The highest BCUT2D eigenvalue weighted by atomic mass is 79.9. The maximum atomic E-state index is 9.48. The summed E-state index contributed by atoms with van der Waals surface area (Å²) in [5, 5.41) is 9.48. The first kappa shape index (κ1) is 12.9. The number of hydrogen-bond donors (Lipinski definition) is 1.